The Morgan fingerprint density at radius 1 is 0.912 bits per heavy atom. The maximum atomic E-state index is 12.3. The highest BCUT2D eigenvalue weighted by Gasteiger charge is 2.19. The van der Waals surface area contributed by atoms with E-state index in [1.54, 1.807) is 23.6 Å². The van der Waals surface area contributed by atoms with Gasteiger partial charge in [0.05, 0.1) is 11.4 Å². The molecule has 0 spiro atoms. The Morgan fingerprint density at radius 3 is 2.24 bits per heavy atom. The molecule has 1 amide bonds. The topological polar surface area (TPSA) is 63.9 Å². The fraction of sp³-hybridized carbons (Fsp3) is 0.0769. The van der Waals surface area contributed by atoms with Crippen LogP contribution in [-0.2, 0) is 10.5 Å². The Kier molecular flexibility index (Phi) is 6.51. The van der Waals surface area contributed by atoms with Crippen molar-refractivity contribution < 1.29 is 4.79 Å². The number of hydrogen-bond donors (Lipinski definition) is 0. The SMILES string of the molecule is CC(=O)N(c1ccccc1)c1nc(CSc2nnc(-c3ccccc3)n2-c2ccccc2)cs1. The van der Waals surface area contributed by atoms with E-state index in [0.717, 1.165) is 33.6 Å². The van der Waals surface area contributed by atoms with Crippen molar-refractivity contribution in [1.82, 2.24) is 19.7 Å². The summed E-state index contributed by atoms with van der Waals surface area (Å²) in [4.78, 5) is 18.7. The van der Waals surface area contributed by atoms with Gasteiger partial charge in [0.1, 0.15) is 0 Å². The monoisotopic (exact) mass is 483 g/mol. The third-order valence-electron chi connectivity index (χ3n) is 5.09. The van der Waals surface area contributed by atoms with E-state index in [1.165, 1.54) is 11.3 Å². The first-order valence-electron chi connectivity index (χ1n) is 10.7. The maximum absolute atomic E-state index is 12.3. The molecule has 0 aliphatic heterocycles. The van der Waals surface area contributed by atoms with Crippen molar-refractivity contribution in [3.8, 4) is 17.1 Å². The molecular formula is C26H21N5OS2. The average Bonchev–Trinajstić information content (AvgIpc) is 3.52. The van der Waals surface area contributed by atoms with Crippen LogP contribution < -0.4 is 4.90 Å². The minimum absolute atomic E-state index is 0.0731. The summed E-state index contributed by atoms with van der Waals surface area (Å²) in [5.74, 6) is 1.33. The lowest BCUT2D eigenvalue weighted by atomic mass is 10.2. The lowest BCUT2D eigenvalue weighted by molar-refractivity contribution is -0.115. The second-order valence-corrected chi connectivity index (χ2v) is 9.22. The van der Waals surface area contributed by atoms with Crippen LogP contribution in [0.5, 0.6) is 0 Å². The van der Waals surface area contributed by atoms with E-state index >= 15 is 0 Å². The van der Waals surface area contributed by atoms with Crippen molar-refractivity contribution >= 4 is 39.8 Å². The first-order valence-corrected chi connectivity index (χ1v) is 12.6. The Labute approximate surface area is 205 Å². The van der Waals surface area contributed by atoms with Gasteiger partial charge >= 0.3 is 0 Å². The van der Waals surface area contributed by atoms with Crippen molar-refractivity contribution in [3.05, 3.63) is 102 Å². The highest BCUT2D eigenvalue weighted by atomic mass is 32.2. The summed E-state index contributed by atoms with van der Waals surface area (Å²) in [6.45, 7) is 1.55. The van der Waals surface area contributed by atoms with Crippen molar-refractivity contribution in [2.75, 3.05) is 4.90 Å². The van der Waals surface area contributed by atoms with Crippen LogP contribution in [0.15, 0.2) is 102 Å². The number of anilines is 2. The lowest BCUT2D eigenvalue weighted by Crippen LogP contribution is -2.22. The number of para-hydroxylation sites is 2. The van der Waals surface area contributed by atoms with Crippen molar-refractivity contribution in [2.45, 2.75) is 17.8 Å². The number of rotatable bonds is 7. The standard InChI is InChI=1S/C26H21N5OS2/c1-19(32)30(22-13-7-3-8-14-22)25-27-21(17-33-25)18-34-26-29-28-24(20-11-5-2-6-12-20)31(26)23-15-9-4-10-16-23/h2-17H,18H2,1H3. The van der Waals surface area contributed by atoms with Crippen molar-refractivity contribution in [1.29, 1.82) is 0 Å². The highest BCUT2D eigenvalue weighted by Crippen LogP contribution is 2.33. The third-order valence-corrected chi connectivity index (χ3v) is 6.93. The number of amides is 1. The van der Waals surface area contributed by atoms with Crippen LogP contribution >= 0.6 is 23.1 Å². The summed E-state index contributed by atoms with van der Waals surface area (Å²) in [5, 5.41) is 12.4. The molecule has 0 saturated heterocycles. The Balaban J connectivity index is 1.42. The Morgan fingerprint density at radius 2 is 1.56 bits per heavy atom. The molecule has 0 bridgehead atoms. The molecule has 8 heteroatoms. The second-order valence-electron chi connectivity index (χ2n) is 7.44. The van der Waals surface area contributed by atoms with Crippen molar-refractivity contribution in [2.24, 2.45) is 0 Å². The van der Waals surface area contributed by atoms with Gasteiger partial charge in [-0.3, -0.25) is 14.3 Å². The van der Waals surface area contributed by atoms with Gasteiger partial charge in [0.2, 0.25) is 5.91 Å². The maximum Gasteiger partial charge on any atom is 0.230 e. The number of carbonyl (C=O) groups is 1. The van der Waals surface area contributed by atoms with Crippen LogP contribution in [0.2, 0.25) is 0 Å². The van der Waals surface area contributed by atoms with Gasteiger partial charge in [0.25, 0.3) is 0 Å². The molecule has 0 N–H and O–H groups in total. The predicted octanol–water partition coefficient (Wildman–Crippen LogP) is 6.37. The molecular weight excluding hydrogens is 462 g/mol. The van der Waals surface area contributed by atoms with E-state index in [0.29, 0.717) is 10.9 Å². The quantitative estimate of drug-likeness (QED) is 0.252. The molecule has 5 rings (SSSR count). The molecule has 0 unspecified atom stereocenters. The second kappa shape index (κ2) is 10.0. The fourth-order valence-electron chi connectivity index (χ4n) is 3.56. The van der Waals surface area contributed by atoms with Crippen LogP contribution in [0.1, 0.15) is 12.6 Å². The smallest absolute Gasteiger partial charge is 0.230 e. The molecule has 0 saturated carbocycles. The molecule has 0 radical (unpaired) electrons. The van der Waals surface area contributed by atoms with Crippen LogP contribution in [0.3, 0.4) is 0 Å². The summed E-state index contributed by atoms with van der Waals surface area (Å²) in [5.41, 5.74) is 3.69. The number of nitrogens with zero attached hydrogens (tertiary/aromatic N) is 5. The van der Waals surface area contributed by atoms with E-state index in [2.05, 4.69) is 14.8 Å². The van der Waals surface area contributed by atoms with Gasteiger partial charge in [0, 0.05) is 29.3 Å². The number of hydrogen-bond acceptors (Lipinski definition) is 6. The van der Waals surface area contributed by atoms with Crippen LogP contribution in [0, 0.1) is 0 Å². The summed E-state index contributed by atoms with van der Waals surface area (Å²) in [6, 6.07) is 29.7. The van der Waals surface area contributed by atoms with E-state index < -0.39 is 0 Å². The molecule has 34 heavy (non-hydrogen) atoms. The van der Waals surface area contributed by atoms with Gasteiger partial charge < -0.3 is 0 Å². The van der Waals surface area contributed by atoms with Gasteiger partial charge in [-0.25, -0.2) is 4.98 Å². The molecule has 0 aliphatic carbocycles. The molecule has 0 aliphatic rings. The molecule has 0 atom stereocenters. The van der Waals surface area contributed by atoms with E-state index in [9.17, 15) is 4.79 Å². The molecule has 2 aromatic heterocycles. The number of thioether (sulfide) groups is 1. The number of benzene rings is 3. The van der Waals surface area contributed by atoms with Crippen molar-refractivity contribution in [3.63, 3.8) is 0 Å². The first kappa shape index (κ1) is 22.1. The van der Waals surface area contributed by atoms with E-state index in [4.69, 9.17) is 4.98 Å². The molecule has 168 valence electrons. The van der Waals surface area contributed by atoms with E-state index in [1.807, 2.05) is 96.4 Å². The van der Waals surface area contributed by atoms with Gasteiger partial charge in [-0.15, -0.1) is 21.5 Å². The third kappa shape index (κ3) is 4.64. The molecule has 3 aromatic carbocycles. The zero-order valence-corrected chi connectivity index (χ0v) is 20.0. The Bertz CT molecular complexity index is 1380. The predicted molar refractivity (Wildman–Crippen MR) is 138 cm³/mol. The molecule has 2 heterocycles. The van der Waals surface area contributed by atoms with Gasteiger partial charge in [-0.2, -0.15) is 0 Å². The summed E-state index contributed by atoms with van der Waals surface area (Å²) >= 11 is 3.03. The minimum atomic E-state index is -0.0731. The number of aromatic nitrogens is 4. The zero-order chi connectivity index (χ0) is 23.3. The summed E-state index contributed by atoms with van der Waals surface area (Å²) in [6.07, 6.45) is 0. The fourth-order valence-corrected chi connectivity index (χ4v) is 5.39. The van der Waals surface area contributed by atoms with Crippen LogP contribution in [0.4, 0.5) is 10.8 Å². The molecule has 0 fully saturated rings. The number of thiazole rings is 1. The lowest BCUT2D eigenvalue weighted by Gasteiger charge is -2.17. The first-order chi connectivity index (χ1) is 16.7. The summed E-state index contributed by atoms with van der Waals surface area (Å²) < 4.78 is 2.07. The van der Waals surface area contributed by atoms with Gasteiger partial charge in [-0.05, 0) is 24.3 Å². The van der Waals surface area contributed by atoms with Gasteiger partial charge in [-0.1, -0.05) is 78.5 Å². The largest absolute Gasteiger partial charge is 0.274 e. The summed E-state index contributed by atoms with van der Waals surface area (Å²) in [7, 11) is 0. The van der Waals surface area contributed by atoms with Gasteiger partial charge in [0.15, 0.2) is 16.1 Å². The Hall–Kier alpha value is -3.75. The van der Waals surface area contributed by atoms with Crippen LogP contribution in [-0.4, -0.2) is 25.7 Å². The minimum Gasteiger partial charge on any atom is -0.274 e. The zero-order valence-electron chi connectivity index (χ0n) is 18.4. The molecule has 6 nitrogen and oxygen atoms in total. The van der Waals surface area contributed by atoms with E-state index in [-0.39, 0.29) is 5.91 Å². The number of carbonyl (C=O) groups excluding carboxylic acids is 1. The molecule has 5 aromatic rings. The normalized spacial score (nSPS) is 10.9. The highest BCUT2D eigenvalue weighted by molar-refractivity contribution is 7.98. The average molecular weight is 484 g/mol. The van der Waals surface area contributed by atoms with Crippen LogP contribution in [0.25, 0.3) is 17.1 Å².